The Morgan fingerprint density at radius 1 is 0.941 bits per heavy atom. The van der Waals surface area contributed by atoms with Crippen LogP contribution < -0.4 is 5.73 Å². The average molecular weight is 222 g/mol. The summed E-state index contributed by atoms with van der Waals surface area (Å²) in [5.74, 6) is 0. The second-order valence-electron chi connectivity index (χ2n) is 4.23. The van der Waals surface area contributed by atoms with Crippen molar-refractivity contribution in [3.05, 3.63) is 65.2 Å². The molecule has 0 aliphatic carbocycles. The summed E-state index contributed by atoms with van der Waals surface area (Å²) in [5.41, 5.74) is 11.6. The van der Waals surface area contributed by atoms with Crippen LogP contribution in [0, 0.1) is 0 Å². The summed E-state index contributed by atoms with van der Waals surface area (Å²) in [5, 5.41) is 0. The summed E-state index contributed by atoms with van der Waals surface area (Å²) < 4.78 is 0. The van der Waals surface area contributed by atoms with Crippen LogP contribution in [0.5, 0.6) is 0 Å². The number of nitrogens with zero attached hydrogens (tertiary/aromatic N) is 1. The van der Waals surface area contributed by atoms with Crippen LogP contribution in [0.2, 0.25) is 0 Å². The molecule has 2 N–H and O–H groups in total. The molecule has 0 aromatic heterocycles. The molecule has 0 atom stereocenters. The molecule has 1 heterocycles. The van der Waals surface area contributed by atoms with Crippen LogP contribution in [0.1, 0.15) is 16.7 Å². The fourth-order valence-electron chi connectivity index (χ4n) is 2.29. The van der Waals surface area contributed by atoms with E-state index in [2.05, 4.69) is 36.4 Å². The summed E-state index contributed by atoms with van der Waals surface area (Å²) in [6.45, 7) is 0.478. The predicted octanol–water partition coefficient (Wildman–Crippen LogP) is 2.67. The van der Waals surface area contributed by atoms with Gasteiger partial charge >= 0.3 is 0 Å². The van der Waals surface area contributed by atoms with Crippen LogP contribution in [0.4, 0.5) is 5.69 Å². The topological polar surface area (TPSA) is 38.4 Å². The van der Waals surface area contributed by atoms with Crippen LogP contribution >= 0.6 is 0 Å². The lowest BCUT2D eigenvalue weighted by Crippen LogP contribution is -2.15. The minimum atomic E-state index is 0.478. The Hall–Kier alpha value is -1.93. The predicted molar refractivity (Wildman–Crippen MR) is 70.9 cm³/mol. The second-order valence-corrected chi connectivity index (χ2v) is 4.23. The van der Waals surface area contributed by atoms with E-state index >= 15 is 0 Å². The van der Waals surface area contributed by atoms with Crippen molar-refractivity contribution in [2.24, 2.45) is 10.7 Å². The van der Waals surface area contributed by atoms with Gasteiger partial charge in [0.2, 0.25) is 0 Å². The largest absolute Gasteiger partial charge is 0.325 e. The summed E-state index contributed by atoms with van der Waals surface area (Å²) >= 11 is 0. The van der Waals surface area contributed by atoms with E-state index < -0.39 is 0 Å². The van der Waals surface area contributed by atoms with E-state index in [0.29, 0.717) is 6.54 Å². The maximum Gasteiger partial charge on any atom is 0.0669 e. The number of hydrogen-bond acceptors (Lipinski definition) is 2. The molecule has 3 rings (SSSR count). The highest BCUT2D eigenvalue weighted by atomic mass is 14.8. The van der Waals surface area contributed by atoms with Crippen molar-refractivity contribution in [2.75, 3.05) is 6.54 Å². The number of fused-ring (bicyclic) bond motifs is 2. The van der Waals surface area contributed by atoms with Gasteiger partial charge < -0.3 is 5.73 Å². The quantitative estimate of drug-likeness (QED) is 0.791. The molecular formula is C15H14N2. The monoisotopic (exact) mass is 222 g/mol. The van der Waals surface area contributed by atoms with E-state index in [4.69, 9.17) is 10.7 Å². The molecule has 0 amide bonds. The summed E-state index contributed by atoms with van der Waals surface area (Å²) in [6.07, 6.45) is 0.930. The molecule has 0 spiro atoms. The van der Waals surface area contributed by atoms with Gasteiger partial charge in [-0.25, -0.2) is 0 Å². The molecule has 0 fully saturated rings. The number of para-hydroxylation sites is 1. The minimum absolute atomic E-state index is 0.478. The van der Waals surface area contributed by atoms with Gasteiger partial charge in [-0.3, -0.25) is 4.99 Å². The summed E-state index contributed by atoms with van der Waals surface area (Å²) in [7, 11) is 0. The van der Waals surface area contributed by atoms with Gasteiger partial charge in [0.15, 0.2) is 0 Å². The zero-order valence-corrected chi connectivity index (χ0v) is 9.56. The van der Waals surface area contributed by atoms with Gasteiger partial charge in [0.25, 0.3) is 0 Å². The van der Waals surface area contributed by atoms with Crippen LogP contribution in [0.25, 0.3) is 0 Å². The van der Waals surface area contributed by atoms with Gasteiger partial charge in [0.1, 0.15) is 0 Å². The van der Waals surface area contributed by atoms with Gasteiger partial charge in [-0.15, -0.1) is 0 Å². The molecule has 2 aromatic carbocycles. The lowest BCUT2D eigenvalue weighted by molar-refractivity contribution is 1.19. The van der Waals surface area contributed by atoms with Crippen LogP contribution in [-0.2, 0) is 6.42 Å². The first-order valence-electron chi connectivity index (χ1n) is 5.82. The molecule has 17 heavy (non-hydrogen) atoms. The Labute approximate surface area is 101 Å². The molecule has 0 unspecified atom stereocenters. The Morgan fingerprint density at radius 3 is 2.47 bits per heavy atom. The number of rotatable bonds is 1. The lowest BCUT2D eigenvalue weighted by Gasteiger charge is -2.06. The highest BCUT2D eigenvalue weighted by molar-refractivity contribution is 6.05. The standard InChI is InChI=1S/C15H14N2/c16-10-15-13-7-3-1-5-11(13)9-12-6-2-4-8-14(12)17-15/h1-8H,9-10,16H2. The van der Waals surface area contributed by atoms with Crippen molar-refractivity contribution in [1.82, 2.24) is 0 Å². The molecule has 0 radical (unpaired) electrons. The molecular weight excluding hydrogens is 208 g/mol. The van der Waals surface area contributed by atoms with Crippen molar-refractivity contribution in [2.45, 2.75) is 6.42 Å². The first-order valence-corrected chi connectivity index (χ1v) is 5.82. The molecule has 84 valence electrons. The lowest BCUT2D eigenvalue weighted by atomic mass is 9.98. The van der Waals surface area contributed by atoms with Crippen molar-refractivity contribution in [3.8, 4) is 0 Å². The molecule has 2 aromatic rings. The van der Waals surface area contributed by atoms with Crippen molar-refractivity contribution < 1.29 is 0 Å². The third kappa shape index (κ3) is 1.77. The minimum Gasteiger partial charge on any atom is -0.325 e. The van der Waals surface area contributed by atoms with Gasteiger partial charge in [-0.2, -0.15) is 0 Å². The van der Waals surface area contributed by atoms with Crippen LogP contribution in [0.3, 0.4) is 0 Å². The number of benzene rings is 2. The third-order valence-electron chi connectivity index (χ3n) is 3.15. The summed E-state index contributed by atoms with van der Waals surface area (Å²) in [6, 6.07) is 16.6. The molecule has 2 nitrogen and oxygen atoms in total. The first-order chi connectivity index (χ1) is 8.38. The van der Waals surface area contributed by atoms with E-state index in [1.807, 2.05) is 12.1 Å². The van der Waals surface area contributed by atoms with Gasteiger partial charge in [0.05, 0.1) is 11.4 Å². The van der Waals surface area contributed by atoms with Gasteiger partial charge in [-0.1, -0.05) is 42.5 Å². The maximum absolute atomic E-state index is 5.81. The van der Waals surface area contributed by atoms with E-state index in [-0.39, 0.29) is 0 Å². The van der Waals surface area contributed by atoms with E-state index in [1.54, 1.807) is 0 Å². The first kappa shape index (κ1) is 10.2. The van der Waals surface area contributed by atoms with Crippen molar-refractivity contribution in [1.29, 1.82) is 0 Å². The Balaban J connectivity index is 2.24. The molecule has 1 aliphatic rings. The van der Waals surface area contributed by atoms with Crippen molar-refractivity contribution >= 4 is 11.4 Å². The molecule has 2 heteroatoms. The number of nitrogens with two attached hydrogens (primary N) is 1. The average Bonchev–Trinajstić information content (AvgIpc) is 2.54. The molecule has 0 bridgehead atoms. The second kappa shape index (κ2) is 4.15. The summed E-state index contributed by atoms with van der Waals surface area (Å²) in [4.78, 5) is 4.69. The normalized spacial score (nSPS) is 13.4. The zero-order chi connectivity index (χ0) is 11.7. The molecule has 0 saturated heterocycles. The SMILES string of the molecule is NCC1=Nc2ccccc2Cc2ccccc21. The van der Waals surface area contributed by atoms with E-state index in [0.717, 1.165) is 17.8 Å². The van der Waals surface area contributed by atoms with Crippen LogP contribution in [0.15, 0.2) is 53.5 Å². The van der Waals surface area contributed by atoms with Gasteiger partial charge in [-0.05, 0) is 17.2 Å². The van der Waals surface area contributed by atoms with Gasteiger partial charge in [0, 0.05) is 18.5 Å². The highest BCUT2D eigenvalue weighted by Crippen LogP contribution is 2.28. The molecule has 1 aliphatic heterocycles. The fraction of sp³-hybridized carbons (Fsp3) is 0.133. The Kier molecular flexibility index (Phi) is 2.50. The van der Waals surface area contributed by atoms with E-state index in [9.17, 15) is 0 Å². The Morgan fingerprint density at radius 2 is 1.65 bits per heavy atom. The number of aliphatic imine (C=N–C) groups is 1. The maximum atomic E-state index is 5.81. The molecule has 0 saturated carbocycles. The number of hydrogen-bond donors (Lipinski definition) is 1. The fourth-order valence-corrected chi connectivity index (χ4v) is 2.29. The zero-order valence-electron chi connectivity index (χ0n) is 9.56. The van der Waals surface area contributed by atoms with E-state index in [1.165, 1.54) is 16.7 Å². The highest BCUT2D eigenvalue weighted by Gasteiger charge is 2.14. The smallest absolute Gasteiger partial charge is 0.0669 e. The van der Waals surface area contributed by atoms with Crippen molar-refractivity contribution in [3.63, 3.8) is 0 Å². The third-order valence-corrected chi connectivity index (χ3v) is 3.15. The van der Waals surface area contributed by atoms with Crippen LogP contribution in [-0.4, -0.2) is 12.3 Å². The Bertz CT molecular complexity index is 585.